The Labute approximate surface area is 134 Å². The van der Waals surface area contributed by atoms with Crippen LogP contribution in [0.15, 0.2) is 53.4 Å². The average Bonchev–Trinajstić information content (AvgIpc) is 2.55. The smallest absolute Gasteiger partial charge is 0.306 e. The summed E-state index contributed by atoms with van der Waals surface area (Å²) in [5.41, 5.74) is 2.72. The monoisotopic (exact) mass is 311 g/mol. The second-order valence-corrected chi connectivity index (χ2v) is 6.05. The normalized spacial score (nSPS) is 10.0. The molecule has 0 spiro atoms. The summed E-state index contributed by atoms with van der Waals surface area (Å²) in [5.74, 6) is 0.499. The maximum atomic E-state index is 11.7. The van der Waals surface area contributed by atoms with Gasteiger partial charge in [-0.1, -0.05) is 29.8 Å². The van der Waals surface area contributed by atoms with Crippen molar-refractivity contribution in [3.8, 4) is 6.07 Å². The third kappa shape index (κ3) is 5.27. The van der Waals surface area contributed by atoms with Crippen LogP contribution in [0.1, 0.15) is 23.1 Å². The summed E-state index contributed by atoms with van der Waals surface area (Å²) in [5, 5.41) is 8.72. The van der Waals surface area contributed by atoms with Crippen LogP contribution >= 0.6 is 11.8 Å². The van der Waals surface area contributed by atoms with E-state index < -0.39 is 0 Å². The molecule has 0 fully saturated rings. The lowest BCUT2D eigenvalue weighted by molar-refractivity contribution is -0.144. The number of thioether (sulfide) groups is 1. The molecule has 0 saturated carbocycles. The van der Waals surface area contributed by atoms with Gasteiger partial charge in [-0.25, -0.2) is 0 Å². The molecule has 0 heterocycles. The molecule has 112 valence electrons. The third-order valence-electron chi connectivity index (χ3n) is 3.08. The number of benzene rings is 2. The first-order valence-electron chi connectivity index (χ1n) is 7.01. The molecule has 3 nitrogen and oxygen atoms in total. The number of carbonyl (C=O) groups is 1. The first-order valence-corrected chi connectivity index (χ1v) is 8.00. The van der Waals surface area contributed by atoms with Crippen LogP contribution in [0.5, 0.6) is 0 Å². The summed E-state index contributed by atoms with van der Waals surface area (Å²) in [6.45, 7) is 2.30. The van der Waals surface area contributed by atoms with Crippen LogP contribution in [0.3, 0.4) is 0 Å². The molecule has 0 atom stereocenters. The van der Waals surface area contributed by atoms with Gasteiger partial charge in [0.1, 0.15) is 6.61 Å². The predicted molar refractivity (Wildman–Crippen MR) is 87.5 cm³/mol. The van der Waals surface area contributed by atoms with E-state index in [1.54, 1.807) is 36.0 Å². The molecule has 2 aromatic carbocycles. The van der Waals surface area contributed by atoms with Gasteiger partial charge in [0.15, 0.2) is 0 Å². The maximum Gasteiger partial charge on any atom is 0.306 e. The van der Waals surface area contributed by atoms with Crippen LogP contribution < -0.4 is 0 Å². The Balaban J connectivity index is 1.69. The van der Waals surface area contributed by atoms with E-state index in [1.807, 2.05) is 0 Å². The summed E-state index contributed by atoms with van der Waals surface area (Å²) in [6.07, 6.45) is 0.384. The van der Waals surface area contributed by atoms with Crippen LogP contribution in [0.2, 0.25) is 0 Å². The summed E-state index contributed by atoms with van der Waals surface area (Å²) in [7, 11) is 0. The molecule has 0 saturated heterocycles. The average molecular weight is 311 g/mol. The fourth-order valence-electron chi connectivity index (χ4n) is 1.80. The molecule has 22 heavy (non-hydrogen) atoms. The lowest BCUT2D eigenvalue weighted by Gasteiger charge is -2.05. The third-order valence-corrected chi connectivity index (χ3v) is 4.09. The second-order valence-electron chi connectivity index (χ2n) is 4.88. The van der Waals surface area contributed by atoms with Gasteiger partial charge in [-0.2, -0.15) is 5.26 Å². The number of nitrogens with zero attached hydrogens (tertiary/aromatic N) is 1. The van der Waals surface area contributed by atoms with Gasteiger partial charge in [0.05, 0.1) is 18.1 Å². The predicted octanol–water partition coefficient (Wildman–Crippen LogP) is 4.09. The summed E-state index contributed by atoms with van der Waals surface area (Å²) < 4.78 is 5.22. The Morgan fingerprint density at radius 2 is 1.82 bits per heavy atom. The van der Waals surface area contributed by atoms with E-state index in [4.69, 9.17) is 10.00 Å². The van der Waals surface area contributed by atoms with Gasteiger partial charge in [-0.3, -0.25) is 4.79 Å². The van der Waals surface area contributed by atoms with Crippen LogP contribution in [0.4, 0.5) is 0 Å². The molecule has 0 aromatic heterocycles. The lowest BCUT2D eigenvalue weighted by atomic mass is 10.2. The molecular weight excluding hydrogens is 294 g/mol. The molecule has 0 amide bonds. The standard InChI is InChI=1S/C18H17NO2S/c1-14-2-8-17(9-3-14)22-11-10-18(20)21-13-16-6-4-15(12-19)5-7-16/h2-9H,10-11,13H2,1H3. The number of ether oxygens (including phenoxy) is 1. The fraction of sp³-hybridized carbons (Fsp3) is 0.222. The van der Waals surface area contributed by atoms with Gasteiger partial charge in [-0.05, 0) is 36.8 Å². The largest absolute Gasteiger partial charge is 0.461 e. The van der Waals surface area contributed by atoms with Gasteiger partial charge >= 0.3 is 5.97 Å². The van der Waals surface area contributed by atoms with E-state index in [0.29, 0.717) is 17.7 Å². The van der Waals surface area contributed by atoms with Crippen molar-refractivity contribution in [2.75, 3.05) is 5.75 Å². The van der Waals surface area contributed by atoms with E-state index in [1.165, 1.54) is 5.56 Å². The van der Waals surface area contributed by atoms with E-state index >= 15 is 0 Å². The van der Waals surface area contributed by atoms with E-state index in [-0.39, 0.29) is 12.6 Å². The van der Waals surface area contributed by atoms with E-state index in [2.05, 4.69) is 37.3 Å². The maximum absolute atomic E-state index is 11.7. The quantitative estimate of drug-likeness (QED) is 0.595. The SMILES string of the molecule is Cc1ccc(SCCC(=O)OCc2ccc(C#N)cc2)cc1. The van der Waals surface area contributed by atoms with Crippen molar-refractivity contribution in [2.45, 2.75) is 24.8 Å². The Morgan fingerprint density at radius 1 is 1.14 bits per heavy atom. The molecule has 0 aliphatic heterocycles. The van der Waals surface area contributed by atoms with Crippen LogP contribution in [-0.2, 0) is 16.1 Å². The minimum atomic E-state index is -0.205. The number of carbonyl (C=O) groups excluding carboxylic acids is 1. The molecule has 2 rings (SSSR count). The number of nitriles is 1. The molecular formula is C18H17NO2S. The number of aryl methyl sites for hydroxylation is 1. The van der Waals surface area contributed by atoms with Gasteiger partial charge in [0.2, 0.25) is 0 Å². The molecule has 0 radical (unpaired) electrons. The van der Waals surface area contributed by atoms with Crippen molar-refractivity contribution in [3.05, 3.63) is 65.2 Å². The van der Waals surface area contributed by atoms with E-state index in [9.17, 15) is 4.79 Å². The number of hydrogen-bond acceptors (Lipinski definition) is 4. The van der Waals surface area contributed by atoms with Crippen molar-refractivity contribution in [2.24, 2.45) is 0 Å². The molecule has 0 bridgehead atoms. The van der Waals surface area contributed by atoms with Gasteiger partial charge in [-0.15, -0.1) is 11.8 Å². The fourth-order valence-corrected chi connectivity index (χ4v) is 2.63. The molecule has 0 N–H and O–H groups in total. The topological polar surface area (TPSA) is 50.1 Å². The zero-order valence-electron chi connectivity index (χ0n) is 12.4. The highest BCUT2D eigenvalue weighted by molar-refractivity contribution is 7.99. The zero-order chi connectivity index (χ0) is 15.8. The summed E-state index contributed by atoms with van der Waals surface area (Å²) in [6, 6.07) is 17.3. The highest BCUT2D eigenvalue weighted by Crippen LogP contribution is 2.19. The molecule has 0 aliphatic carbocycles. The number of rotatable bonds is 6. The van der Waals surface area contributed by atoms with Crippen LogP contribution in [0, 0.1) is 18.3 Å². The second kappa shape index (κ2) is 8.26. The highest BCUT2D eigenvalue weighted by atomic mass is 32.2. The molecule has 2 aromatic rings. The Kier molecular flexibility index (Phi) is 6.05. The summed E-state index contributed by atoms with van der Waals surface area (Å²) >= 11 is 1.65. The van der Waals surface area contributed by atoms with Crippen LogP contribution in [-0.4, -0.2) is 11.7 Å². The Morgan fingerprint density at radius 3 is 2.45 bits per heavy atom. The zero-order valence-corrected chi connectivity index (χ0v) is 13.2. The van der Waals surface area contributed by atoms with Gasteiger partial charge in [0, 0.05) is 10.6 Å². The number of hydrogen-bond donors (Lipinski definition) is 0. The van der Waals surface area contributed by atoms with Crippen molar-refractivity contribution < 1.29 is 9.53 Å². The number of esters is 1. The molecule has 0 aliphatic rings. The minimum absolute atomic E-state index is 0.205. The van der Waals surface area contributed by atoms with Crippen molar-refractivity contribution in [3.63, 3.8) is 0 Å². The Hall–Kier alpha value is -2.25. The lowest BCUT2D eigenvalue weighted by Crippen LogP contribution is -2.05. The molecule has 4 heteroatoms. The first-order chi connectivity index (χ1) is 10.7. The van der Waals surface area contributed by atoms with Crippen molar-refractivity contribution >= 4 is 17.7 Å². The van der Waals surface area contributed by atoms with Gasteiger partial charge in [0.25, 0.3) is 0 Å². The van der Waals surface area contributed by atoms with Crippen molar-refractivity contribution in [1.29, 1.82) is 5.26 Å². The highest BCUT2D eigenvalue weighted by Gasteiger charge is 2.04. The molecule has 0 unspecified atom stereocenters. The summed E-state index contributed by atoms with van der Waals surface area (Å²) in [4.78, 5) is 12.9. The van der Waals surface area contributed by atoms with Gasteiger partial charge < -0.3 is 4.74 Å². The minimum Gasteiger partial charge on any atom is -0.461 e. The van der Waals surface area contributed by atoms with Crippen LogP contribution in [0.25, 0.3) is 0 Å². The Bertz CT molecular complexity index is 657. The van der Waals surface area contributed by atoms with E-state index in [0.717, 1.165) is 10.5 Å². The van der Waals surface area contributed by atoms with Crippen molar-refractivity contribution in [1.82, 2.24) is 0 Å². The first kappa shape index (κ1) is 16.1.